The minimum Gasteiger partial charge on any atom is -0.353 e. The summed E-state index contributed by atoms with van der Waals surface area (Å²) in [4.78, 5) is 9.95. The zero-order valence-corrected chi connectivity index (χ0v) is 21.3. The van der Waals surface area contributed by atoms with Crippen molar-refractivity contribution in [3.8, 4) is 11.4 Å². The molecule has 0 unspecified atom stereocenters. The molecule has 3 aromatic heterocycles. The highest BCUT2D eigenvalue weighted by molar-refractivity contribution is 6.00. The number of pyridine rings is 1. The first-order valence-corrected chi connectivity index (χ1v) is 12.9. The van der Waals surface area contributed by atoms with Crippen LogP contribution < -0.4 is 0 Å². The van der Waals surface area contributed by atoms with Gasteiger partial charge in [-0.25, -0.2) is 8.78 Å². The van der Waals surface area contributed by atoms with Gasteiger partial charge in [-0.3, -0.25) is 15.0 Å². The minimum atomic E-state index is -2.61. The number of alkyl halides is 2. The number of hydrogen-bond acceptors (Lipinski definition) is 3. The van der Waals surface area contributed by atoms with Crippen molar-refractivity contribution in [1.29, 1.82) is 0 Å². The number of fused-ring (bicyclic) bond motifs is 2. The molecule has 1 aromatic carbocycles. The summed E-state index contributed by atoms with van der Waals surface area (Å²) >= 11 is 0. The first-order valence-electron chi connectivity index (χ1n) is 12.9. The van der Waals surface area contributed by atoms with Gasteiger partial charge in [-0.2, -0.15) is 5.10 Å². The molecule has 2 aliphatic rings. The van der Waals surface area contributed by atoms with Crippen LogP contribution >= 0.6 is 0 Å². The average Bonchev–Trinajstić information content (AvgIpc) is 3.71. The molecule has 0 amide bonds. The van der Waals surface area contributed by atoms with E-state index in [2.05, 4.69) is 57.1 Å². The molecule has 0 bridgehead atoms. The van der Waals surface area contributed by atoms with Crippen LogP contribution in [0.15, 0.2) is 85.1 Å². The third-order valence-electron chi connectivity index (χ3n) is 7.31. The Balaban J connectivity index is 1.34. The zero-order valence-electron chi connectivity index (χ0n) is 21.3. The van der Waals surface area contributed by atoms with Crippen LogP contribution in [-0.4, -0.2) is 50.6 Å². The fourth-order valence-corrected chi connectivity index (χ4v) is 5.35. The van der Waals surface area contributed by atoms with Gasteiger partial charge in [-0.05, 0) is 59.9 Å². The molecule has 0 atom stereocenters. The van der Waals surface area contributed by atoms with Crippen LogP contribution in [0.4, 0.5) is 8.78 Å². The summed E-state index contributed by atoms with van der Waals surface area (Å²) in [5.41, 5.74) is 8.74. The van der Waals surface area contributed by atoms with Crippen molar-refractivity contribution in [3.05, 3.63) is 96.4 Å². The molecule has 7 heteroatoms. The SMILES string of the molecule is C=C/C(=C\C(=C/C)c1ccc2[nH]nc(-c3cc4c(C5=CCC=C5)nccc4[nH]3)c2c1)CN1CCC(F)(F)C1. The highest BCUT2D eigenvalue weighted by atomic mass is 19.3. The molecule has 5 nitrogen and oxygen atoms in total. The van der Waals surface area contributed by atoms with E-state index in [4.69, 9.17) is 0 Å². The largest absolute Gasteiger partial charge is 0.353 e. The zero-order chi connectivity index (χ0) is 26.3. The number of H-pyrrole nitrogens is 2. The van der Waals surface area contributed by atoms with Crippen LogP contribution in [-0.2, 0) is 0 Å². The van der Waals surface area contributed by atoms with E-state index in [0.717, 1.165) is 67.6 Å². The van der Waals surface area contributed by atoms with Gasteiger partial charge in [0, 0.05) is 42.0 Å². The highest BCUT2D eigenvalue weighted by Gasteiger charge is 2.37. The molecule has 1 saturated heterocycles. The molecule has 6 rings (SSSR count). The molecule has 0 spiro atoms. The topological polar surface area (TPSA) is 60.6 Å². The van der Waals surface area contributed by atoms with Gasteiger partial charge in [-0.1, -0.05) is 49.1 Å². The first kappa shape index (κ1) is 24.2. The molecule has 0 saturated carbocycles. The quantitative estimate of drug-likeness (QED) is 0.257. The summed E-state index contributed by atoms with van der Waals surface area (Å²) in [6, 6.07) is 10.3. The number of likely N-dealkylation sites (tertiary alicyclic amines) is 1. The number of benzene rings is 1. The number of aromatic amines is 2. The van der Waals surface area contributed by atoms with E-state index in [1.165, 1.54) is 0 Å². The van der Waals surface area contributed by atoms with Crippen molar-refractivity contribution in [3.63, 3.8) is 0 Å². The Kier molecular flexibility index (Phi) is 6.16. The van der Waals surface area contributed by atoms with Crippen LogP contribution in [0.5, 0.6) is 0 Å². The van der Waals surface area contributed by atoms with Crippen LogP contribution in [0.3, 0.4) is 0 Å². The fraction of sp³-hybridized carbons (Fsp3) is 0.226. The van der Waals surface area contributed by atoms with E-state index in [0.29, 0.717) is 13.1 Å². The van der Waals surface area contributed by atoms with Crippen molar-refractivity contribution >= 4 is 33.0 Å². The Morgan fingerprint density at radius 3 is 2.76 bits per heavy atom. The minimum absolute atomic E-state index is 0.0898. The fourth-order valence-electron chi connectivity index (χ4n) is 5.35. The maximum absolute atomic E-state index is 13.7. The molecule has 4 heterocycles. The Labute approximate surface area is 220 Å². The standard InChI is InChI=1S/C31H29F2N5/c1-3-20(18-38-14-12-31(32,33)19-38)15-21(4-2)23-9-10-27-24(16-23)30(37-36-27)28-17-25-26(35-28)11-13-34-29(25)22-7-5-6-8-22/h3-5,7-11,13,15-17,35H,1,6,12,14,18-19H2,2H3,(H,36,37)/b20-15+,21-4+. The molecule has 192 valence electrons. The lowest BCUT2D eigenvalue weighted by atomic mass is 9.99. The van der Waals surface area contributed by atoms with Gasteiger partial charge in [0.2, 0.25) is 0 Å². The lowest BCUT2D eigenvalue weighted by Gasteiger charge is -2.16. The van der Waals surface area contributed by atoms with E-state index in [-0.39, 0.29) is 13.0 Å². The number of allylic oxidation sites excluding steroid dienone is 7. The van der Waals surface area contributed by atoms with Crippen molar-refractivity contribution in [1.82, 2.24) is 25.1 Å². The Morgan fingerprint density at radius 2 is 2.03 bits per heavy atom. The molecule has 1 fully saturated rings. The predicted molar refractivity (Wildman–Crippen MR) is 151 cm³/mol. The van der Waals surface area contributed by atoms with Gasteiger partial charge in [0.1, 0.15) is 5.69 Å². The van der Waals surface area contributed by atoms with Gasteiger partial charge in [0.05, 0.1) is 23.4 Å². The second-order valence-electron chi connectivity index (χ2n) is 9.92. The average molecular weight is 510 g/mol. The summed E-state index contributed by atoms with van der Waals surface area (Å²) in [6.45, 7) is 6.55. The monoisotopic (exact) mass is 509 g/mol. The normalized spacial score (nSPS) is 18.1. The van der Waals surface area contributed by atoms with Gasteiger partial charge < -0.3 is 4.98 Å². The van der Waals surface area contributed by atoms with E-state index < -0.39 is 5.92 Å². The number of nitrogens with one attached hydrogen (secondary N) is 2. The van der Waals surface area contributed by atoms with Gasteiger partial charge in [0.15, 0.2) is 0 Å². The first-order chi connectivity index (χ1) is 18.4. The predicted octanol–water partition coefficient (Wildman–Crippen LogP) is 7.31. The van der Waals surface area contributed by atoms with Crippen LogP contribution in [0.25, 0.3) is 44.3 Å². The maximum atomic E-state index is 13.7. The third kappa shape index (κ3) is 4.54. The lowest BCUT2D eigenvalue weighted by Crippen LogP contribution is -2.26. The van der Waals surface area contributed by atoms with Crippen molar-refractivity contribution < 1.29 is 8.78 Å². The van der Waals surface area contributed by atoms with Crippen LogP contribution in [0.1, 0.15) is 31.0 Å². The van der Waals surface area contributed by atoms with Crippen molar-refractivity contribution in [2.24, 2.45) is 0 Å². The molecule has 4 aromatic rings. The second kappa shape index (κ2) is 9.65. The van der Waals surface area contributed by atoms with Gasteiger partial charge >= 0.3 is 0 Å². The maximum Gasteiger partial charge on any atom is 0.261 e. The number of aromatic nitrogens is 4. The number of hydrogen-bond donors (Lipinski definition) is 2. The Morgan fingerprint density at radius 1 is 1.16 bits per heavy atom. The summed E-state index contributed by atoms with van der Waals surface area (Å²) in [5, 5.41) is 9.85. The van der Waals surface area contributed by atoms with E-state index in [1.807, 2.05) is 43.5 Å². The third-order valence-corrected chi connectivity index (χ3v) is 7.31. The highest BCUT2D eigenvalue weighted by Crippen LogP contribution is 2.34. The van der Waals surface area contributed by atoms with Crippen LogP contribution in [0.2, 0.25) is 0 Å². The summed E-state index contributed by atoms with van der Waals surface area (Å²) in [6.07, 6.45) is 14.9. The molecular weight excluding hydrogens is 480 g/mol. The Hall–Kier alpha value is -4.10. The van der Waals surface area contributed by atoms with E-state index in [1.54, 1.807) is 11.0 Å². The van der Waals surface area contributed by atoms with E-state index >= 15 is 0 Å². The summed E-state index contributed by atoms with van der Waals surface area (Å²) in [7, 11) is 0. The summed E-state index contributed by atoms with van der Waals surface area (Å²) < 4.78 is 27.4. The van der Waals surface area contributed by atoms with Crippen molar-refractivity contribution in [2.45, 2.75) is 25.7 Å². The Bertz CT molecular complexity index is 1660. The number of halogens is 2. The molecular formula is C31H29F2N5. The van der Waals surface area contributed by atoms with Gasteiger partial charge in [0.25, 0.3) is 5.92 Å². The number of nitrogens with zero attached hydrogens (tertiary/aromatic N) is 3. The second-order valence-corrected chi connectivity index (χ2v) is 9.92. The molecule has 38 heavy (non-hydrogen) atoms. The smallest absolute Gasteiger partial charge is 0.261 e. The van der Waals surface area contributed by atoms with Crippen LogP contribution in [0, 0.1) is 0 Å². The lowest BCUT2D eigenvalue weighted by molar-refractivity contribution is 0.0131. The molecule has 1 aliphatic heterocycles. The van der Waals surface area contributed by atoms with Crippen molar-refractivity contribution in [2.75, 3.05) is 19.6 Å². The molecule has 1 aliphatic carbocycles. The van der Waals surface area contributed by atoms with Gasteiger partial charge in [-0.15, -0.1) is 0 Å². The summed E-state index contributed by atoms with van der Waals surface area (Å²) in [5.74, 6) is -2.61. The molecule has 0 radical (unpaired) electrons. The number of rotatable bonds is 7. The van der Waals surface area contributed by atoms with E-state index in [9.17, 15) is 8.78 Å². The molecule has 2 N–H and O–H groups in total.